The van der Waals surface area contributed by atoms with Crippen molar-refractivity contribution < 1.29 is 4.39 Å². The van der Waals surface area contributed by atoms with Gasteiger partial charge in [-0.2, -0.15) is 0 Å². The molecular weight excluding hydrogens is 265 g/mol. The highest BCUT2D eigenvalue weighted by Gasteiger charge is 2.13. The Morgan fingerprint density at radius 2 is 2.05 bits per heavy atom. The van der Waals surface area contributed by atoms with Gasteiger partial charge in [0.15, 0.2) is 0 Å². The van der Waals surface area contributed by atoms with Gasteiger partial charge in [0.05, 0.1) is 16.1 Å². The molecule has 0 bridgehead atoms. The molecule has 0 amide bonds. The number of benzene rings is 2. The number of aromatic nitrogens is 2. The second-order valence-electron chi connectivity index (χ2n) is 4.35. The highest BCUT2D eigenvalue weighted by Crippen LogP contribution is 2.29. The minimum absolute atomic E-state index is 0.252. The fourth-order valence-corrected chi connectivity index (χ4v) is 2.39. The van der Waals surface area contributed by atoms with Crippen LogP contribution in [-0.2, 0) is 0 Å². The lowest BCUT2D eigenvalue weighted by atomic mass is 10.2. The summed E-state index contributed by atoms with van der Waals surface area (Å²) in [4.78, 5) is 4.26. The Balaban J connectivity index is 2.35. The number of hydrogen-bond donors (Lipinski definition) is 1. The zero-order valence-electron chi connectivity index (χ0n) is 10.2. The van der Waals surface area contributed by atoms with Crippen LogP contribution in [0.4, 0.5) is 10.3 Å². The molecule has 1 heterocycles. The first-order chi connectivity index (χ1) is 9.08. The number of anilines is 1. The van der Waals surface area contributed by atoms with Gasteiger partial charge in [0, 0.05) is 5.69 Å². The molecule has 0 spiro atoms. The third-order valence-corrected chi connectivity index (χ3v) is 3.36. The van der Waals surface area contributed by atoms with Gasteiger partial charge < -0.3 is 5.73 Å². The maximum absolute atomic E-state index is 13.4. The quantitative estimate of drug-likeness (QED) is 0.736. The SMILES string of the molecule is Cc1cc(-n2c(N)nc3cccc(Cl)c32)ccc1F. The summed E-state index contributed by atoms with van der Waals surface area (Å²) >= 11 is 6.21. The minimum atomic E-state index is -0.252. The number of imidazole rings is 1. The second-order valence-corrected chi connectivity index (χ2v) is 4.75. The Morgan fingerprint density at radius 1 is 1.26 bits per heavy atom. The van der Waals surface area contributed by atoms with Gasteiger partial charge in [-0.1, -0.05) is 17.7 Å². The summed E-state index contributed by atoms with van der Waals surface area (Å²) in [6, 6.07) is 10.2. The van der Waals surface area contributed by atoms with Crippen LogP contribution in [0.3, 0.4) is 0 Å². The number of aryl methyl sites for hydroxylation is 1. The number of nitrogen functional groups attached to an aromatic ring is 1. The molecule has 3 rings (SSSR count). The topological polar surface area (TPSA) is 43.8 Å². The van der Waals surface area contributed by atoms with E-state index in [-0.39, 0.29) is 5.82 Å². The zero-order chi connectivity index (χ0) is 13.6. The Kier molecular flexibility index (Phi) is 2.68. The molecule has 0 aliphatic carbocycles. The van der Waals surface area contributed by atoms with Crippen LogP contribution in [0.5, 0.6) is 0 Å². The summed E-state index contributed by atoms with van der Waals surface area (Å²) in [5.41, 5.74) is 8.68. The number of nitrogens with two attached hydrogens (primary N) is 1. The number of hydrogen-bond acceptors (Lipinski definition) is 2. The molecule has 0 saturated heterocycles. The fourth-order valence-electron chi connectivity index (χ4n) is 2.13. The maximum Gasteiger partial charge on any atom is 0.205 e. The summed E-state index contributed by atoms with van der Waals surface area (Å²) in [5, 5.41) is 0.559. The molecule has 0 saturated carbocycles. The van der Waals surface area contributed by atoms with Crippen LogP contribution < -0.4 is 5.73 Å². The highest BCUT2D eigenvalue weighted by molar-refractivity contribution is 6.35. The van der Waals surface area contributed by atoms with Crippen LogP contribution in [0.2, 0.25) is 5.02 Å². The van der Waals surface area contributed by atoms with Crippen molar-refractivity contribution in [3.8, 4) is 5.69 Å². The van der Waals surface area contributed by atoms with Gasteiger partial charge in [-0.05, 0) is 42.8 Å². The third-order valence-electron chi connectivity index (χ3n) is 3.05. The van der Waals surface area contributed by atoms with Crippen LogP contribution >= 0.6 is 11.6 Å². The molecule has 0 radical (unpaired) electrons. The van der Waals surface area contributed by atoms with E-state index in [1.807, 2.05) is 12.1 Å². The smallest absolute Gasteiger partial charge is 0.205 e. The van der Waals surface area contributed by atoms with Gasteiger partial charge in [0.25, 0.3) is 0 Å². The molecule has 19 heavy (non-hydrogen) atoms. The van der Waals surface area contributed by atoms with Crippen LogP contribution in [0.25, 0.3) is 16.7 Å². The number of fused-ring (bicyclic) bond motifs is 1. The van der Waals surface area contributed by atoms with Crippen molar-refractivity contribution in [1.29, 1.82) is 0 Å². The Hall–Kier alpha value is -2.07. The standard InChI is InChI=1S/C14H11ClFN3/c1-8-7-9(5-6-11(8)16)19-13-10(15)3-2-4-12(13)18-14(19)17/h2-7H,1H3,(H2,17,18). The van der Waals surface area contributed by atoms with Crippen molar-refractivity contribution in [3.05, 3.63) is 52.8 Å². The monoisotopic (exact) mass is 275 g/mol. The minimum Gasteiger partial charge on any atom is -0.369 e. The molecule has 1 aromatic heterocycles. The van der Waals surface area contributed by atoms with Crippen molar-refractivity contribution in [2.75, 3.05) is 5.73 Å². The van der Waals surface area contributed by atoms with Gasteiger partial charge in [-0.15, -0.1) is 0 Å². The van der Waals surface area contributed by atoms with Crippen LogP contribution in [0.1, 0.15) is 5.56 Å². The van der Waals surface area contributed by atoms with Gasteiger partial charge in [0.1, 0.15) is 5.82 Å². The third kappa shape index (κ3) is 1.85. The summed E-state index contributed by atoms with van der Waals surface area (Å²) in [7, 11) is 0. The first kappa shape index (κ1) is 12.0. The van der Waals surface area contributed by atoms with E-state index < -0.39 is 0 Å². The molecule has 0 aliphatic heterocycles. The number of rotatable bonds is 1. The summed E-state index contributed by atoms with van der Waals surface area (Å²) in [5.74, 6) is 0.0759. The van der Waals surface area contributed by atoms with E-state index in [2.05, 4.69) is 4.98 Å². The molecule has 96 valence electrons. The molecule has 0 aliphatic rings. The lowest BCUT2D eigenvalue weighted by Crippen LogP contribution is -2.01. The maximum atomic E-state index is 13.4. The Morgan fingerprint density at radius 3 is 2.79 bits per heavy atom. The molecule has 2 N–H and O–H groups in total. The van der Waals surface area contributed by atoms with Crippen molar-refractivity contribution in [2.24, 2.45) is 0 Å². The first-order valence-electron chi connectivity index (χ1n) is 5.77. The van der Waals surface area contributed by atoms with Crippen LogP contribution in [-0.4, -0.2) is 9.55 Å². The van der Waals surface area contributed by atoms with E-state index in [9.17, 15) is 4.39 Å². The van der Waals surface area contributed by atoms with E-state index in [0.29, 0.717) is 22.1 Å². The molecule has 3 nitrogen and oxygen atoms in total. The van der Waals surface area contributed by atoms with E-state index in [1.165, 1.54) is 6.07 Å². The summed E-state index contributed by atoms with van der Waals surface area (Å²) < 4.78 is 15.1. The molecular formula is C14H11ClFN3. The van der Waals surface area contributed by atoms with Crippen molar-refractivity contribution in [3.63, 3.8) is 0 Å². The van der Waals surface area contributed by atoms with Crippen molar-refractivity contribution in [1.82, 2.24) is 9.55 Å². The molecule has 3 aromatic rings. The molecule has 5 heteroatoms. The number of halogens is 2. The van der Waals surface area contributed by atoms with Gasteiger partial charge in [-0.25, -0.2) is 9.37 Å². The van der Waals surface area contributed by atoms with E-state index in [1.54, 1.807) is 29.7 Å². The normalized spacial score (nSPS) is 11.1. The predicted octanol–water partition coefficient (Wildman–Crippen LogP) is 3.71. The Labute approximate surface area is 114 Å². The second kappa shape index (κ2) is 4.24. The lowest BCUT2D eigenvalue weighted by molar-refractivity contribution is 0.618. The predicted molar refractivity (Wildman–Crippen MR) is 75.2 cm³/mol. The van der Waals surface area contributed by atoms with E-state index in [0.717, 1.165) is 11.2 Å². The highest BCUT2D eigenvalue weighted by atomic mass is 35.5. The lowest BCUT2D eigenvalue weighted by Gasteiger charge is -2.08. The molecule has 0 atom stereocenters. The van der Waals surface area contributed by atoms with Gasteiger partial charge >= 0.3 is 0 Å². The van der Waals surface area contributed by atoms with Gasteiger partial charge in [0.2, 0.25) is 5.95 Å². The fraction of sp³-hybridized carbons (Fsp3) is 0.0714. The van der Waals surface area contributed by atoms with E-state index >= 15 is 0 Å². The first-order valence-corrected chi connectivity index (χ1v) is 6.14. The number of para-hydroxylation sites is 1. The van der Waals surface area contributed by atoms with E-state index in [4.69, 9.17) is 17.3 Å². The largest absolute Gasteiger partial charge is 0.369 e. The summed E-state index contributed by atoms with van der Waals surface area (Å²) in [6.45, 7) is 1.70. The molecule has 0 fully saturated rings. The average Bonchev–Trinajstić information content (AvgIpc) is 2.70. The Bertz CT molecular complexity index is 780. The van der Waals surface area contributed by atoms with Crippen molar-refractivity contribution >= 4 is 28.6 Å². The van der Waals surface area contributed by atoms with Crippen LogP contribution in [0.15, 0.2) is 36.4 Å². The van der Waals surface area contributed by atoms with Crippen LogP contribution in [0, 0.1) is 12.7 Å². The summed E-state index contributed by atoms with van der Waals surface area (Å²) in [6.07, 6.45) is 0. The van der Waals surface area contributed by atoms with Crippen molar-refractivity contribution in [2.45, 2.75) is 6.92 Å². The molecule has 0 unspecified atom stereocenters. The average molecular weight is 276 g/mol. The van der Waals surface area contributed by atoms with Gasteiger partial charge in [-0.3, -0.25) is 4.57 Å². The molecule has 2 aromatic carbocycles. The number of nitrogens with zero attached hydrogens (tertiary/aromatic N) is 2. The zero-order valence-corrected chi connectivity index (χ0v) is 10.9.